The average molecular weight is 249 g/mol. The fourth-order valence-electron chi connectivity index (χ4n) is 0.917. The Morgan fingerprint density at radius 2 is 1.93 bits per heavy atom. The van der Waals surface area contributed by atoms with E-state index in [0.717, 1.165) is 10.6 Å². The van der Waals surface area contributed by atoms with Crippen molar-refractivity contribution in [2.24, 2.45) is 0 Å². The van der Waals surface area contributed by atoms with Crippen LogP contribution in [0.3, 0.4) is 0 Å². The lowest BCUT2D eigenvalue weighted by Gasteiger charge is -2.04. The summed E-state index contributed by atoms with van der Waals surface area (Å²) in [6.45, 7) is 1.58. The third kappa shape index (κ3) is 3.52. The van der Waals surface area contributed by atoms with Crippen LogP contribution < -0.4 is 0 Å². The summed E-state index contributed by atoms with van der Waals surface area (Å²) in [6, 6.07) is 5.40. The van der Waals surface area contributed by atoms with Gasteiger partial charge in [-0.3, -0.25) is 4.79 Å². The van der Waals surface area contributed by atoms with Gasteiger partial charge in [0.1, 0.15) is 5.78 Å². The molecule has 1 aromatic carbocycles. The smallest absolute Gasteiger partial charge is 0.130 e. The molecule has 0 aliphatic carbocycles. The average Bonchev–Trinajstić information content (AvgIpc) is 2.09. The molecule has 1 aromatic rings. The molecule has 0 aromatic heterocycles. The predicted octanol–water partition coefficient (Wildman–Crippen LogP) is 4.06. The standard InChI is InChI=1S/C10H10Cl2OS/c1-7(13)5-6-14-10-8(11)3-2-4-9(10)12/h2-4H,5-6H2,1H3. The Morgan fingerprint density at radius 3 is 2.43 bits per heavy atom. The number of rotatable bonds is 4. The van der Waals surface area contributed by atoms with Gasteiger partial charge >= 0.3 is 0 Å². The Morgan fingerprint density at radius 1 is 1.36 bits per heavy atom. The minimum atomic E-state index is 0.181. The lowest BCUT2D eigenvalue weighted by molar-refractivity contribution is -0.116. The number of ketones is 1. The van der Waals surface area contributed by atoms with Gasteiger partial charge in [0, 0.05) is 17.1 Å². The molecule has 0 aliphatic heterocycles. The highest BCUT2D eigenvalue weighted by Crippen LogP contribution is 2.33. The van der Waals surface area contributed by atoms with Crippen molar-refractivity contribution in [2.75, 3.05) is 5.75 Å². The van der Waals surface area contributed by atoms with Crippen LogP contribution in [0.15, 0.2) is 23.1 Å². The van der Waals surface area contributed by atoms with Crippen molar-refractivity contribution in [3.63, 3.8) is 0 Å². The van der Waals surface area contributed by atoms with Gasteiger partial charge in [-0.15, -0.1) is 11.8 Å². The highest BCUT2D eigenvalue weighted by atomic mass is 35.5. The lowest BCUT2D eigenvalue weighted by Crippen LogP contribution is -1.91. The van der Waals surface area contributed by atoms with Crippen molar-refractivity contribution in [3.05, 3.63) is 28.2 Å². The number of carbonyl (C=O) groups is 1. The summed E-state index contributed by atoms with van der Waals surface area (Å²) in [6.07, 6.45) is 0.548. The minimum absolute atomic E-state index is 0.181. The quantitative estimate of drug-likeness (QED) is 0.748. The van der Waals surface area contributed by atoms with Gasteiger partial charge in [-0.25, -0.2) is 0 Å². The fraction of sp³-hybridized carbons (Fsp3) is 0.300. The van der Waals surface area contributed by atoms with Crippen LogP contribution in [0, 0.1) is 0 Å². The van der Waals surface area contributed by atoms with Gasteiger partial charge in [-0.05, 0) is 19.1 Å². The van der Waals surface area contributed by atoms with Crippen LogP contribution in [0.5, 0.6) is 0 Å². The van der Waals surface area contributed by atoms with Crippen molar-refractivity contribution in [1.29, 1.82) is 0 Å². The van der Waals surface area contributed by atoms with Gasteiger partial charge in [0.05, 0.1) is 10.0 Å². The molecule has 0 saturated carbocycles. The zero-order chi connectivity index (χ0) is 10.6. The first-order valence-corrected chi connectivity index (χ1v) is 5.91. The molecule has 76 valence electrons. The number of hydrogen-bond donors (Lipinski definition) is 0. The Balaban J connectivity index is 2.62. The maximum absolute atomic E-state index is 10.7. The number of thioether (sulfide) groups is 1. The van der Waals surface area contributed by atoms with E-state index in [-0.39, 0.29) is 5.78 Å². The summed E-state index contributed by atoms with van der Waals surface area (Å²) in [5, 5.41) is 1.29. The second-order valence-corrected chi connectivity index (χ2v) is 4.77. The Kier molecular flexibility index (Phi) is 4.79. The van der Waals surface area contributed by atoms with Crippen molar-refractivity contribution in [1.82, 2.24) is 0 Å². The predicted molar refractivity (Wildman–Crippen MR) is 62.5 cm³/mol. The molecule has 0 aliphatic rings. The first-order valence-electron chi connectivity index (χ1n) is 4.17. The molecule has 4 heteroatoms. The second kappa shape index (κ2) is 5.64. The molecule has 1 nitrogen and oxygen atoms in total. The van der Waals surface area contributed by atoms with E-state index in [4.69, 9.17) is 23.2 Å². The van der Waals surface area contributed by atoms with Gasteiger partial charge in [0.25, 0.3) is 0 Å². The fourth-order valence-corrected chi connectivity index (χ4v) is 2.65. The van der Waals surface area contributed by atoms with Crippen LogP contribution in [0.1, 0.15) is 13.3 Å². The summed E-state index contributed by atoms with van der Waals surface area (Å²) in [7, 11) is 0. The van der Waals surface area contributed by atoms with E-state index < -0.39 is 0 Å². The molecule has 0 unspecified atom stereocenters. The first kappa shape index (κ1) is 11.9. The van der Waals surface area contributed by atoms with E-state index in [9.17, 15) is 4.79 Å². The lowest BCUT2D eigenvalue weighted by atomic mass is 10.3. The molecule has 0 radical (unpaired) electrons. The third-order valence-electron chi connectivity index (χ3n) is 1.62. The molecule has 0 fully saturated rings. The van der Waals surface area contributed by atoms with Gasteiger partial charge in [-0.1, -0.05) is 29.3 Å². The maximum Gasteiger partial charge on any atom is 0.130 e. The molecule has 0 saturated heterocycles. The van der Waals surface area contributed by atoms with Crippen LogP contribution in [-0.2, 0) is 4.79 Å². The molecule has 0 amide bonds. The van der Waals surface area contributed by atoms with E-state index >= 15 is 0 Å². The second-order valence-electron chi connectivity index (χ2n) is 2.85. The molecular formula is C10H10Cl2OS. The molecule has 0 bridgehead atoms. The number of carbonyl (C=O) groups excluding carboxylic acids is 1. The van der Waals surface area contributed by atoms with Crippen LogP contribution in [0.25, 0.3) is 0 Å². The van der Waals surface area contributed by atoms with E-state index in [1.54, 1.807) is 25.1 Å². The number of Topliss-reactive ketones (excluding diaryl/α,β-unsaturated/α-hetero) is 1. The summed E-state index contributed by atoms with van der Waals surface area (Å²) < 4.78 is 0. The molecule has 0 heterocycles. The topological polar surface area (TPSA) is 17.1 Å². The molecule has 0 N–H and O–H groups in total. The van der Waals surface area contributed by atoms with Crippen molar-refractivity contribution < 1.29 is 4.79 Å². The van der Waals surface area contributed by atoms with Crippen LogP contribution in [0.4, 0.5) is 0 Å². The van der Waals surface area contributed by atoms with E-state index in [0.29, 0.717) is 16.5 Å². The first-order chi connectivity index (χ1) is 6.61. The summed E-state index contributed by atoms with van der Waals surface area (Å²) in [4.78, 5) is 11.6. The molecule has 14 heavy (non-hydrogen) atoms. The molecular weight excluding hydrogens is 239 g/mol. The Labute approximate surface area is 97.8 Å². The van der Waals surface area contributed by atoms with E-state index in [1.165, 1.54) is 11.8 Å². The largest absolute Gasteiger partial charge is 0.300 e. The van der Waals surface area contributed by atoms with Crippen molar-refractivity contribution >= 4 is 40.7 Å². The summed E-state index contributed by atoms with van der Waals surface area (Å²) in [5.74, 6) is 0.902. The van der Waals surface area contributed by atoms with E-state index in [1.807, 2.05) is 0 Å². The number of hydrogen-bond acceptors (Lipinski definition) is 2. The maximum atomic E-state index is 10.7. The number of halogens is 2. The van der Waals surface area contributed by atoms with Crippen molar-refractivity contribution in [2.45, 2.75) is 18.2 Å². The highest BCUT2D eigenvalue weighted by Gasteiger charge is 2.05. The van der Waals surface area contributed by atoms with E-state index in [2.05, 4.69) is 0 Å². The zero-order valence-corrected chi connectivity index (χ0v) is 10.0. The normalized spacial score (nSPS) is 10.2. The summed E-state index contributed by atoms with van der Waals surface area (Å²) >= 11 is 13.4. The van der Waals surface area contributed by atoms with Crippen molar-refractivity contribution in [3.8, 4) is 0 Å². The molecule has 0 spiro atoms. The van der Waals surface area contributed by atoms with Gasteiger partial charge in [0.2, 0.25) is 0 Å². The SMILES string of the molecule is CC(=O)CCSc1c(Cl)cccc1Cl. The van der Waals surface area contributed by atoms with Gasteiger partial charge in [-0.2, -0.15) is 0 Å². The Hall–Kier alpha value is -0.180. The monoisotopic (exact) mass is 248 g/mol. The van der Waals surface area contributed by atoms with Gasteiger partial charge in [0.15, 0.2) is 0 Å². The van der Waals surface area contributed by atoms with Crippen LogP contribution >= 0.6 is 35.0 Å². The highest BCUT2D eigenvalue weighted by molar-refractivity contribution is 7.99. The Bertz CT molecular complexity index is 319. The van der Waals surface area contributed by atoms with Crippen LogP contribution in [-0.4, -0.2) is 11.5 Å². The zero-order valence-electron chi connectivity index (χ0n) is 7.72. The third-order valence-corrected chi connectivity index (χ3v) is 3.61. The van der Waals surface area contributed by atoms with Gasteiger partial charge < -0.3 is 0 Å². The summed E-state index contributed by atoms with van der Waals surface area (Å²) in [5.41, 5.74) is 0. The van der Waals surface area contributed by atoms with Crippen LogP contribution in [0.2, 0.25) is 10.0 Å². The molecule has 1 rings (SSSR count). The molecule has 0 atom stereocenters. The minimum Gasteiger partial charge on any atom is -0.300 e. The number of benzene rings is 1.